The molecule has 2 radical (unpaired) electrons. The van der Waals surface area contributed by atoms with Crippen molar-refractivity contribution in [3.63, 3.8) is 0 Å². The molecule has 31 heavy (non-hydrogen) atoms. The predicted molar refractivity (Wildman–Crippen MR) is 109 cm³/mol. The fourth-order valence-corrected chi connectivity index (χ4v) is 3.23. The Morgan fingerprint density at radius 2 is 0.548 bits per heavy atom. The average molecular weight is 593 g/mol. The zero-order valence-electron chi connectivity index (χ0n) is 15.5. The largest absolute Gasteiger partial charge is 3.00 e. The van der Waals surface area contributed by atoms with Gasteiger partial charge in [0.25, 0.3) is 0 Å². The molecule has 0 spiro atoms. The van der Waals surface area contributed by atoms with Crippen LogP contribution in [0, 0.1) is 0 Å². The van der Waals surface area contributed by atoms with Crippen molar-refractivity contribution in [2.45, 2.75) is 14.7 Å². The van der Waals surface area contributed by atoms with Crippen LogP contribution in [0.5, 0.6) is 0 Å². The minimum atomic E-state index is -4.25. The Kier molecular flexibility index (Phi) is 12.2. The van der Waals surface area contributed by atoms with E-state index in [9.17, 15) is 38.9 Å². The molecule has 3 aromatic rings. The van der Waals surface area contributed by atoms with Gasteiger partial charge in [0.05, 0.1) is 14.7 Å². The summed E-state index contributed by atoms with van der Waals surface area (Å²) in [5, 5.41) is 0. The zero-order valence-corrected chi connectivity index (χ0v) is 20.5. The summed E-state index contributed by atoms with van der Waals surface area (Å²) >= 11 is 0. The van der Waals surface area contributed by atoms with Gasteiger partial charge < -0.3 is 13.7 Å². The van der Waals surface area contributed by atoms with Crippen molar-refractivity contribution >= 4 is 54.8 Å². The van der Waals surface area contributed by atoms with Gasteiger partial charge in [-0.3, -0.25) is 0 Å². The molecule has 3 rings (SSSR count). The Bertz CT molecular complexity index is 1070. The van der Waals surface area contributed by atoms with Crippen molar-refractivity contribution in [3.8, 4) is 0 Å². The van der Waals surface area contributed by atoms with Gasteiger partial charge in [0.2, 0.25) is 0 Å². The van der Waals surface area contributed by atoms with Gasteiger partial charge in [-0.05, 0) is 36.4 Å². The van der Waals surface area contributed by atoms with Gasteiger partial charge in [-0.15, -0.1) is 0 Å². The molecule has 0 N–H and O–H groups in total. The van der Waals surface area contributed by atoms with E-state index in [1.54, 1.807) is 18.2 Å². The molecular formula is C18H15O9S3Sb. The maximum Gasteiger partial charge on any atom is 3.00 e. The van der Waals surface area contributed by atoms with Crippen molar-refractivity contribution in [2.75, 3.05) is 0 Å². The van der Waals surface area contributed by atoms with Gasteiger partial charge in [-0.25, -0.2) is 25.3 Å². The van der Waals surface area contributed by atoms with Gasteiger partial charge >= 0.3 is 24.4 Å². The van der Waals surface area contributed by atoms with Gasteiger partial charge in [0, 0.05) is 0 Å². The summed E-state index contributed by atoms with van der Waals surface area (Å²) < 4.78 is 92.5. The number of benzene rings is 3. The molecule has 0 atom stereocenters. The second-order valence-electron chi connectivity index (χ2n) is 5.30. The van der Waals surface area contributed by atoms with Gasteiger partial charge in [-0.2, -0.15) is 0 Å². The third-order valence-corrected chi connectivity index (χ3v) is 5.64. The summed E-state index contributed by atoms with van der Waals surface area (Å²) in [7, 11) is -12.8. The van der Waals surface area contributed by atoms with Crippen molar-refractivity contribution in [2.24, 2.45) is 0 Å². The third-order valence-electron chi connectivity index (χ3n) is 3.10. The summed E-state index contributed by atoms with van der Waals surface area (Å²) in [4.78, 5) is -0.556. The molecule has 0 aliphatic rings. The molecule has 0 aromatic heterocycles. The van der Waals surface area contributed by atoms with Crippen LogP contribution in [0.3, 0.4) is 0 Å². The van der Waals surface area contributed by atoms with Gasteiger partial charge in [0.15, 0.2) is 0 Å². The molecule has 0 saturated heterocycles. The second kappa shape index (κ2) is 12.9. The fraction of sp³-hybridized carbons (Fsp3) is 0. The maximum absolute atomic E-state index is 10.3. The van der Waals surface area contributed by atoms with Crippen molar-refractivity contribution in [1.82, 2.24) is 0 Å². The van der Waals surface area contributed by atoms with Crippen LogP contribution in [-0.2, 0) is 30.4 Å². The van der Waals surface area contributed by atoms with Crippen LogP contribution in [0.4, 0.5) is 0 Å². The SMILES string of the molecule is O=S(=O)([O-])c1ccccc1.O=S(=O)([O-])c1ccccc1.O=S(=O)([O-])c1ccccc1.[Sb+3]. The molecule has 0 bridgehead atoms. The van der Waals surface area contributed by atoms with Gasteiger partial charge in [0.1, 0.15) is 30.4 Å². The van der Waals surface area contributed by atoms with E-state index in [0.29, 0.717) is 0 Å². The molecule has 0 saturated carbocycles. The van der Waals surface area contributed by atoms with Crippen LogP contribution in [0.25, 0.3) is 0 Å². The summed E-state index contributed by atoms with van der Waals surface area (Å²) in [5.41, 5.74) is 0. The fourth-order valence-electron chi connectivity index (χ4n) is 1.76. The van der Waals surface area contributed by atoms with E-state index in [4.69, 9.17) is 0 Å². The first-order chi connectivity index (χ1) is 13.8. The molecule has 3 aromatic carbocycles. The van der Waals surface area contributed by atoms with Crippen LogP contribution in [0.2, 0.25) is 0 Å². The van der Waals surface area contributed by atoms with Crippen LogP contribution in [0.1, 0.15) is 0 Å². The summed E-state index contributed by atoms with van der Waals surface area (Å²) in [6.45, 7) is 0. The normalized spacial score (nSPS) is 10.9. The summed E-state index contributed by atoms with van der Waals surface area (Å²) in [5.74, 6) is 0. The number of hydrogen-bond acceptors (Lipinski definition) is 9. The van der Waals surface area contributed by atoms with E-state index in [2.05, 4.69) is 0 Å². The first kappa shape index (κ1) is 29.2. The molecule has 0 fully saturated rings. The quantitative estimate of drug-likeness (QED) is 0.322. The van der Waals surface area contributed by atoms with Crippen LogP contribution in [0.15, 0.2) is 106 Å². The maximum atomic E-state index is 10.3. The van der Waals surface area contributed by atoms with E-state index in [0.717, 1.165) is 0 Å². The summed E-state index contributed by atoms with van der Waals surface area (Å²) in [6.07, 6.45) is 0. The van der Waals surface area contributed by atoms with E-state index in [1.165, 1.54) is 72.8 Å². The number of rotatable bonds is 3. The van der Waals surface area contributed by atoms with Crippen LogP contribution < -0.4 is 0 Å². The topological polar surface area (TPSA) is 172 Å². The third kappa shape index (κ3) is 12.0. The minimum Gasteiger partial charge on any atom is -0.744 e. The van der Waals surface area contributed by atoms with Crippen LogP contribution >= 0.6 is 0 Å². The smallest absolute Gasteiger partial charge is 0.744 e. The molecular weight excluding hydrogens is 578 g/mol. The Hall–Kier alpha value is -1.79. The molecule has 13 heteroatoms. The molecule has 164 valence electrons. The standard InChI is InChI=1S/3C6H6O3S.Sb/c3*7-10(8,9)6-4-2-1-3-5-6;/h3*1-5H,(H,7,8,9);/q;;;+3/p-3. The predicted octanol–water partition coefficient (Wildman–Crippen LogP) is 1.39. The van der Waals surface area contributed by atoms with E-state index in [-0.39, 0.29) is 39.1 Å². The van der Waals surface area contributed by atoms with Crippen molar-refractivity contribution < 1.29 is 38.9 Å². The van der Waals surface area contributed by atoms with E-state index < -0.39 is 30.4 Å². The average Bonchev–Trinajstić information content (AvgIpc) is 2.69. The Morgan fingerprint density at radius 3 is 0.645 bits per heavy atom. The Morgan fingerprint density at radius 1 is 0.387 bits per heavy atom. The van der Waals surface area contributed by atoms with Crippen molar-refractivity contribution in [1.29, 1.82) is 0 Å². The Balaban J connectivity index is 0.000000429. The van der Waals surface area contributed by atoms with Crippen LogP contribution in [-0.4, -0.2) is 63.3 Å². The molecule has 0 aliphatic heterocycles. The minimum absolute atomic E-state index is 0. The first-order valence-corrected chi connectivity index (χ1v) is 12.1. The summed E-state index contributed by atoms with van der Waals surface area (Å²) in [6, 6.07) is 21.6. The molecule has 0 heterocycles. The molecule has 0 unspecified atom stereocenters. The van der Waals surface area contributed by atoms with Gasteiger partial charge in [-0.1, -0.05) is 54.6 Å². The van der Waals surface area contributed by atoms with E-state index in [1.807, 2.05) is 0 Å². The zero-order chi connectivity index (χ0) is 22.8. The molecule has 0 amide bonds. The second-order valence-corrected chi connectivity index (χ2v) is 9.44. The first-order valence-electron chi connectivity index (χ1n) is 7.84. The monoisotopic (exact) mass is 592 g/mol. The van der Waals surface area contributed by atoms with Crippen molar-refractivity contribution in [3.05, 3.63) is 91.0 Å². The number of hydrogen-bond donors (Lipinski definition) is 0. The molecule has 0 aliphatic carbocycles. The molecule has 9 nitrogen and oxygen atoms in total. The van der Waals surface area contributed by atoms with E-state index >= 15 is 0 Å². The Labute approximate surface area is 198 Å².